The molecule has 106 valence electrons. The van der Waals surface area contributed by atoms with Crippen LogP contribution in [0.25, 0.3) is 11.0 Å². The van der Waals surface area contributed by atoms with Gasteiger partial charge in [-0.05, 0) is 50.1 Å². The van der Waals surface area contributed by atoms with Crippen LogP contribution in [0, 0.1) is 0 Å². The normalized spacial score (nSPS) is 10.8. The SMILES string of the molecule is O=C(Nc1cc(Br)c[nH]c1=O)c1cc2cccc(Br)c2o1. The number of amides is 1. The Morgan fingerprint density at radius 1 is 1.24 bits per heavy atom. The zero-order valence-electron chi connectivity index (χ0n) is 10.4. The molecule has 0 aliphatic rings. The number of carbonyl (C=O) groups excluding carboxylic acids is 1. The van der Waals surface area contributed by atoms with Gasteiger partial charge in [-0.15, -0.1) is 0 Å². The predicted octanol–water partition coefficient (Wildman–Crippen LogP) is 3.90. The van der Waals surface area contributed by atoms with E-state index in [2.05, 4.69) is 42.2 Å². The highest BCUT2D eigenvalue weighted by atomic mass is 79.9. The quantitative estimate of drug-likeness (QED) is 0.671. The van der Waals surface area contributed by atoms with Gasteiger partial charge in [0.2, 0.25) is 0 Å². The maximum atomic E-state index is 12.2. The zero-order chi connectivity index (χ0) is 15.0. The van der Waals surface area contributed by atoms with Crippen molar-refractivity contribution in [1.29, 1.82) is 0 Å². The number of nitrogens with one attached hydrogen (secondary N) is 2. The van der Waals surface area contributed by atoms with Crippen LogP contribution in [-0.2, 0) is 0 Å². The Morgan fingerprint density at radius 2 is 2.05 bits per heavy atom. The summed E-state index contributed by atoms with van der Waals surface area (Å²) in [5.74, 6) is -0.349. The summed E-state index contributed by atoms with van der Waals surface area (Å²) in [5.41, 5.74) is 0.351. The minimum atomic E-state index is -0.485. The highest BCUT2D eigenvalue weighted by molar-refractivity contribution is 9.11. The average Bonchev–Trinajstić information content (AvgIpc) is 2.88. The van der Waals surface area contributed by atoms with Crippen molar-refractivity contribution < 1.29 is 9.21 Å². The Balaban J connectivity index is 1.95. The Kier molecular flexibility index (Phi) is 3.69. The highest BCUT2D eigenvalue weighted by Gasteiger charge is 2.15. The van der Waals surface area contributed by atoms with E-state index < -0.39 is 5.91 Å². The Labute approximate surface area is 135 Å². The van der Waals surface area contributed by atoms with Gasteiger partial charge in [0.1, 0.15) is 11.3 Å². The molecule has 3 aromatic rings. The van der Waals surface area contributed by atoms with Crippen molar-refractivity contribution in [3.63, 3.8) is 0 Å². The van der Waals surface area contributed by atoms with Crippen molar-refractivity contribution in [1.82, 2.24) is 4.98 Å². The first-order valence-electron chi connectivity index (χ1n) is 5.92. The molecule has 0 radical (unpaired) electrons. The number of para-hydroxylation sites is 1. The molecular weight excluding hydrogens is 404 g/mol. The van der Waals surface area contributed by atoms with Crippen LogP contribution in [0.4, 0.5) is 5.69 Å². The van der Waals surface area contributed by atoms with Crippen molar-refractivity contribution in [3.8, 4) is 0 Å². The molecule has 2 heterocycles. The van der Waals surface area contributed by atoms with Crippen LogP contribution in [0.2, 0.25) is 0 Å². The first-order chi connectivity index (χ1) is 10.0. The first kappa shape index (κ1) is 14.1. The molecule has 2 aromatic heterocycles. The Hall–Kier alpha value is -1.86. The summed E-state index contributed by atoms with van der Waals surface area (Å²) >= 11 is 6.59. The molecule has 5 nitrogen and oxygen atoms in total. The minimum Gasteiger partial charge on any atom is -0.450 e. The molecule has 0 bridgehead atoms. The molecule has 0 aliphatic heterocycles. The molecule has 0 saturated carbocycles. The summed E-state index contributed by atoms with van der Waals surface area (Å²) in [5, 5.41) is 3.33. The molecule has 0 saturated heterocycles. The number of hydrogen-bond donors (Lipinski definition) is 2. The van der Waals surface area contributed by atoms with Crippen molar-refractivity contribution in [2.24, 2.45) is 0 Å². The summed E-state index contributed by atoms with van der Waals surface area (Å²) in [6.07, 6.45) is 1.50. The number of halogens is 2. The summed E-state index contributed by atoms with van der Waals surface area (Å²) in [7, 11) is 0. The Bertz CT molecular complexity index is 899. The number of aromatic nitrogens is 1. The van der Waals surface area contributed by atoms with Gasteiger partial charge < -0.3 is 14.7 Å². The van der Waals surface area contributed by atoms with Crippen LogP contribution >= 0.6 is 31.9 Å². The fourth-order valence-electron chi connectivity index (χ4n) is 1.87. The van der Waals surface area contributed by atoms with Crippen molar-refractivity contribution in [3.05, 3.63) is 61.6 Å². The third-order valence-corrected chi connectivity index (χ3v) is 3.92. The van der Waals surface area contributed by atoms with Gasteiger partial charge in [0.05, 0.1) is 4.47 Å². The third kappa shape index (κ3) is 2.79. The summed E-state index contributed by atoms with van der Waals surface area (Å²) in [4.78, 5) is 26.3. The number of aromatic amines is 1. The van der Waals surface area contributed by atoms with E-state index in [-0.39, 0.29) is 17.0 Å². The predicted molar refractivity (Wildman–Crippen MR) is 86.6 cm³/mol. The lowest BCUT2D eigenvalue weighted by Crippen LogP contribution is -2.19. The van der Waals surface area contributed by atoms with E-state index in [0.29, 0.717) is 10.1 Å². The van der Waals surface area contributed by atoms with Gasteiger partial charge in [-0.25, -0.2) is 0 Å². The van der Waals surface area contributed by atoms with Crippen LogP contribution in [0.3, 0.4) is 0 Å². The molecule has 0 spiro atoms. The van der Waals surface area contributed by atoms with Crippen LogP contribution in [0.5, 0.6) is 0 Å². The van der Waals surface area contributed by atoms with Crippen molar-refractivity contribution in [2.75, 3.05) is 5.32 Å². The monoisotopic (exact) mass is 410 g/mol. The second-order valence-electron chi connectivity index (χ2n) is 4.28. The van der Waals surface area contributed by atoms with Crippen LogP contribution in [0.1, 0.15) is 10.6 Å². The fraction of sp³-hybridized carbons (Fsp3) is 0. The highest BCUT2D eigenvalue weighted by Crippen LogP contribution is 2.27. The number of H-pyrrole nitrogens is 1. The molecule has 0 unspecified atom stereocenters. The van der Waals surface area contributed by atoms with E-state index in [1.807, 2.05) is 18.2 Å². The molecule has 1 aromatic carbocycles. The third-order valence-electron chi connectivity index (χ3n) is 2.84. The van der Waals surface area contributed by atoms with Crippen LogP contribution in [-0.4, -0.2) is 10.9 Å². The number of pyridine rings is 1. The van der Waals surface area contributed by atoms with Gasteiger partial charge in [0.15, 0.2) is 5.76 Å². The first-order valence-corrected chi connectivity index (χ1v) is 7.51. The summed E-state index contributed by atoms with van der Waals surface area (Å²) in [6.45, 7) is 0. The number of carbonyl (C=O) groups is 1. The summed E-state index contributed by atoms with van der Waals surface area (Å²) < 4.78 is 6.94. The van der Waals surface area contributed by atoms with E-state index >= 15 is 0 Å². The number of hydrogen-bond acceptors (Lipinski definition) is 3. The van der Waals surface area contributed by atoms with Gasteiger partial charge in [-0.1, -0.05) is 12.1 Å². The lowest BCUT2D eigenvalue weighted by atomic mass is 10.2. The Morgan fingerprint density at radius 3 is 2.81 bits per heavy atom. The minimum absolute atomic E-state index is 0.135. The van der Waals surface area contributed by atoms with Gasteiger partial charge in [0, 0.05) is 16.1 Å². The smallest absolute Gasteiger partial charge is 0.291 e. The van der Waals surface area contributed by atoms with Crippen molar-refractivity contribution >= 4 is 54.4 Å². The van der Waals surface area contributed by atoms with Crippen molar-refractivity contribution in [2.45, 2.75) is 0 Å². The van der Waals surface area contributed by atoms with Gasteiger partial charge >= 0.3 is 0 Å². The average molecular weight is 412 g/mol. The van der Waals surface area contributed by atoms with Crippen LogP contribution < -0.4 is 10.9 Å². The maximum Gasteiger partial charge on any atom is 0.291 e. The van der Waals surface area contributed by atoms with E-state index in [0.717, 1.165) is 9.86 Å². The molecule has 0 atom stereocenters. The topological polar surface area (TPSA) is 75.1 Å². The van der Waals surface area contributed by atoms with Gasteiger partial charge in [-0.3, -0.25) is 9.59 Å². The number of benzene rings is 1. The van der Waals surface area contributed by atoms with Crippen LogP contribution in [0.15, 0.2) is 54.7 Å². The molecule has 2 N–H and O–H groups in total. The zero-order valence-corrected chi connectivity index (χ0v) is 13.6. The van der Waals surface area contributed by atoms with E-state index in [1.54, 1.807) is 6.07 Å². The standard InChI is InChI=1S/C14H8Br2N2O3/c15-8-5-10(13(19)17-6-8)18-14(20)11-4-7-2-1-3-9(16)12(7)21-11/h1-6H,(H,17,19)(H,18,20). The molecule has 1 amide bonds. The van der Waals surface area contributed by atoms with Gasteiger partial charge in [-0.2, -0.15) is 0 Å². The number of fused-ring (bicyclic) bond motifs is 1. The van der Waals surface area contributed by atoms with E-state index in [1.165, 1.54) is 12.3 Å². The maximum absolute atomic E-state index is 12.2. The summed E-state index contributed by atoms with van der Waals surface area (Å²) in [6, 6.07) is 8.67. The lowest BCUT2D eigenvalue weighted by Gasteiger charge is -2.02. The molecule has 21 heavy (non-hydrogen) atoms. The number of anilines is 1. The number of furan rings is 1. The number of rotatable bonds is 2. The van der Waals surface area contributed by atoms with E-state index in [9.17, 15) is 9.59 Å². The largest absolute Gasteiger partial charge is 0.450 e. The molecule has 0 aliphatic carbocycles. The second-order valence-corrected chi connectivity index (χ2v) is 6.05. The lowest BCUT2D eigenvalue weighted by molar-refractivity contribution is 0.0998. The molecule has 0 fully saturated rings. The molecule has 3 rings (SSSR count). The fourth-order valence-corrected chi connectivity index (χ4v) is 2.68. The molecule has 7 heteroatoms. The van der Waals surface area contributed by atoms with Gasteiger partial charge in [0.25, 0.3) is 11.5 Å². The molecular formula is C14H8Br2N2O3. The second kappa shape index (κ2) is 5.50. The van der Waals surface area contributed by atoms with E-state index in [4.69, 9.17) is 4.42 Å².